The van der Waals surface area contributed by atoms with E-state index in [9.17, 15) is 73.1 Å². The summed E-state index contributed by atoms with van der Waals surface area (Å²) in [5, 5.41) is 13.4. The molecule has 0 fully saturated rings. The number of aromatic nitrogens is 9. The number of anilines is 5. The number of methoxy groups -OCH3 is 1. The summed E-state index contributed by atoms with van der Waals surface area (Å²) in [7, 11) is 1.58. The zero-order valence-corrected chi connectivity index (χ0v) is 80.2. The van der Waals surface area contributed by atoms with Crippen LogP contribution in [0, 0.1) is 48.5 Å². The number of hydrogen-bond acceptors (Lipinski definition) is 18. The zero-order chi connectivity index (χ0) is 102. The van der Waals surface area contributed by atoms with E-state index >= 15 is 0 Å². The lowest BCUT2D eigenvalue weighted by Gasteiger charge is -2.23. The topological polar surface area (TPSA) is 296 Å². The molecule has 0 radical (unpaired) electrons. The Morgan fingerprint density at radius 2 is 0.695 bits per heavy atom. The number of Topliss-reactive ketones (excluding diaryl/α,β-unsaturated/α-hetero) is 1. The first-order valence-electron chi connectivity index (χ1n) is 42.0. The molecule has 0 bridgehead atoms. The number of nitrogens with one attached hydrogen (secondary N) is 4. The molecule has 16 rings (SSSR count). The van der Waals surface area contributed by atoms with Crippen molar-refractivity contribution >= 4 is 139 Å². The molecule has 0 aliphatic carbocycles. The van der Waals surface area contributed by atoms with E-state index in [1.807, 2.05) is 74.5 Å². The van der Waals surface area contributed by atoms with Gasteiger partial charge in [0.25, 0.3) is 35.4 Å². The van der Waals surface area contributed by atoms with Crippen molar-refractivity contribution in [2.75, 3.05) is 33.3 Å². The van der Waals surface area contributed by atoms with Gasteiger partial charge in [-0.2, -0.15) is 39.5 Å². The highest BCUT2D eigenvalue weighted by molar-refractivity contribution is 7.16. The first kappa shape index (κ1) is 105. The van der Waals surface area contributed by atoms with Crippen LogP contribution < -0.4 is 30.9 Å². The van der Waals surface area contributed by atoms with Gasteiger partial charge in [-0.05, 0) is 291 Å². The maximum Gasteiger partial charge on any atom is 0.433 e. The molecule has 6 amide bonds. The first-order valence-corrected chi connectivity index (χ1v) is 44.8. The fourth-order valence-corrected chi connectivity index (χ4v) is 15.5. The number of halogens is 14. The van der Waals surface area contributed by atoms with Gasteiger partial charge in [-0.15, -0.1) is 11.3 Å². The van der Waals surface area contributed by atoms with Crippen LogP contribution >= 0.6 is 69.3 Å². The third kappa shape index (κ3) is 27.4. The minimum absolute atomic E-state index is 0.0120. The van der Waals surface area contributed by atoms with Crippen LogP contribution in [0.5, 0.6) is 5.75 Å². The summed E-state index contributed by atoms with van der Waals surface area (Å²) in [6.07, 6.45) is -5.58. The van der Waals surface area contributed by atoms with Crippen LogP contribution in [-0.4, -0.2) is 93.2 Å². The molecule has 0 saturated carbocycles. The van der Waals surface area contributed by atoms with E-state index in [1.165, 1.54) is 57.2 Å². The quantitative estimate of drug-likeness (QED) is 0.0352. The Morgan fingerprint density at radius 1 is 0.340 bits per heavy atom. The molecule has 0 aliphatic rings. The molecule has 22 nitrogen and oxygen atoms in total. The molecule has 0 aliphatic heterocycles. The number of carbonyl (C=O) groups is 7. The Kier molecular flexibility index (Phi) is 34.4. The van der Waals surface area contributed by atoms with Gasteiger partial charge in [0.05, 0.1) is 121 Å². The number of pyridine rings is 9. The second kappa shape index (κ2) is 46.4. The predicted octanol–water partition coefficient (Wildman–Crippen LogP) is 27.6. The molecule has 141 heavy (non-hydrogen) atoms. The van der Waals surface area contributed by atoms with Gasteiger partial charge in [0.2, 0.25) is 0 Å². The summed E-state index contributed by atoms with van der Waals surface area (Å²) in [5.41, 5.74) is 8.98. The summed E-state index contributed by atoms with van der Waals surface area (Å²) in [6, 6.07) is 67.6. The van der Waals surface area contributed by atoms with Crippen molar-refractivity contribution in [2.24, 2.45) is 0 Å². The number of nitrogens with zero attached hydrogens (tertiary/aromatic N) is 10. The number of benzene rings is 6. The number of amides is 6. The second-order valence-electron chi connectivity index (χ2n) is 30.8. The van der Waals surface area contributed by atoms with Gasteiger partial charge in [0.1, 0.15) is 22.8 Å². The fourth-order valence-electron chi connectivity index (χ4n) is 13.7. The van der Waals surface area contributed by atoms with Crippen molar-refractivity contribution in [1.29, 1.82) is 0 Å². The van der Waals surface area contributed by atoms with E-state index in [4.69, 9.17) is 62.7 Å². The number of hydrogen-bond donors (Lipinski definition) is 4. The highest BCUT2D eigenvalue weighted by atomic mass is 35.5. The van der Waals surface area contributed by atoms with Gasteiger partial charge in [0, 0.05) is 92.8 Å². The first-order chi connectivity index (χ1) is 67.0. The Balaban J connectivity index is 0.000000159. The lowest BCUT2D eigenvalue weighted by Crippen LogP contribution is -2.38. The van der Waals surface area contributed by atoms with Gasteiger partial charge in [-0.3, -0.25) is 63.5 Å². The molecule has 6 aromatic carbocycles. The van der Waals surface area contributed by atoms with Crippen LogP contribution in [0.4, 0.5) is 68.0 Å². The zero-order valence-electron chi connectivity index (χ0n) is 75.6. The van der Waals surface area contributed by atoms with Crippen LogP contribution in [0.25, 0.3) is 56.3 Å². The minimum Gasteiger partial charge on any atom is -0.497 e. The number of aryl methyl sites for hydroxylation is 7. The summed E-state index contributed by atoms with van der Waals surface area (Å²) in [5.74, 6) is -2.56. The van der Waals surface area contributed by atoms with Gasteiger partial charge in [0.15, 0.2) is 5.78 Å². The van der Waals surface area contributed by atoms with Crippen LogP contribution in [0.1, 0.15) is 135 Å². The van der Waals surface area contributed by atoms with E-state index in [-0.39, 0.29) is 62.6 Å². The maximum atomic E-state index is 13.8. The summed E-state index contributed by atoms with van der Waals surface area (Å²) < 4.78 is 121. The average Bonchev–Trinajstić information content (AvgIpc) is 1.02. The molecular formula is C104H78Cl5F9N14O8S. The summed E-state index contributed by atoms with van der Waals surface area (Å²) >= 11 is 32.6. The molecule has 0 atom stereocenters. The summed E-state index contributed by atoms with van der Waals surface area (Å²) in [4.78, 5) is 127. The van der Waals surface area contributed by atoms with E-state index in [1.54, 1.807) is 191 Å². The monoisotopic (exact) mass is 2030 g/mol. The maximum absolute atomic E-state index is 13.8. The lowest BCUT2D eigenvalue weighted by molar-refractivity contribution is -0.142. The Morgan fingerprint density at radius 3 is 1.06 bits per heavy atom. The molecule has 0 spiro atoms. The van der Waals surface area contributed by atoms with Crippen molar-refractivity contribution in [1.82, 2.24) is 44.9 Å². The fraction of sp³-hybridized carbons (Fsp3) is 0.115. The highest BCUT2D eigenvalue weighted by Crippen LogP contribution is 2.40. The normalized spacial score (nSPS) is 11.0. The van der Waals surface area contributed by atoms with Gasteiger partial charge < -0.3 is 26.0 Å². The number of ether oxygens (including phenoxy) is 1. The molecule has 16 aromatic rings. The van der Waals surface area contributed by atoms with Crippen molar-refractivity contribution < 1.29 is 77.8 Å². The molecule has 0 saturated heterocycles. The molecule has 716 valence electrons. The average molecular weight is 2030 g/mol. The minimum atomic E-state index is -4.68. The van der Waals surface area contributed by atoms with E-state index in [0.29, 0.717) is 120 Å². The van der Waals surface area contributed by atoms with Crippen molar-refractivity contribution in [3.05, 3.63) is 405 Å². The molecule has 0 unspecified atom stereocenters. The number of rotatable bonds is 18. The Labute approximate surface area is 830 Å². The third-order valence-corrected chi connectivity index (χ3v) is 23.4. The standard InChI is InChI=1S/C27H20ClF3N4O2.C20H15ClF3N3O.C20H17ClN2O2.C19H13ClF3N3O.C18H13ClN2O2S/c1-15-7-9-19(16(2)33-15)25(36)35(26(37)20-10-12-24(27(29,30)31)34-17(20)3)18-8-11-22(28)21(14-18)23-6-4-5-13-32-23;1-11-4-3-9-25-18(11)15-10-13(5-7-16(15)21)27-19(28)14-6-8-17(20(22,23)24)26-12(14)2;1-13-9-14(11-16(10-13)25-2)20(24)23-15-6-7-18(21)17(12-15)19-5-3-4-8-22-19;1-11-13(6-8-17(25-11)19(21,22)23)18(27)26-12-5-7-15(20)14(10-12)16-4-2-3-9-24-16;1-11(22)16-7-8-17(24-16)18(23)21-12-5-6-14(19)13(10-12)15-4-2-3-9-20-15/h4-14H,1-3H3;3-10H,1-2H3,(H,27,28);3-12H,1-2H3,(H,23,24);2-10H,1H3,(H,26,27);2-10H,1H3,(H,21,23). The van der Waals surface area contributed by atoms with E-state index in [0.717, 1.165) is 68.9 Å². The predicted molar refractivity (Wildman–Crippen MR) is 529 cm³/mol. The smallest absolute Gasteiger partial charge is 0.433 e. The van der Waals surface area contributed by atoms with Gasteiger partial charge >= 0.3 is 18.5 Å². The van der Waals surface area contributed by atoms with E-state index < -0.39 is 59.2 Å². The Bertz CT molecular complexity index is 7360. The van der Waals surface area contributed by atoms with Crippen LogP contribution in [0.15, 0.2) is 286 Å². The number of carbonyl (C=O) groups excluding carboxylic acids is 7. The van der Waals surface area contributed by atoms with Gasteiger partial charge in [-0.1, -0.05) is 88.3 Å². The lowest BCUT2D eigenvalue weighted by atomic mass is 10.1. The van der Waals surface area contributed by atoms with Gasteiger partial charge in [-0.25, -0.2) is 19.9 Å². The third-order valence-electron chi connectivity index (χ3n) is 20.6. The van der Waals surface area contributed by atoms with Crippen molar-refractivity contribution in [2.45, 2.75) is 73.9 Å². The Hall–Kier alpha value is -15.3. The number of thiophene rings is 1. The van der Waals surface area contributed by atoms with Crippen LogP contribution in [0.2, 0.25) is 25.1 Å². The van der Waals surface area contributed by atoms with E-state index in [2.05, 4.69) is 66.1 Å². The SMILES string of the molecule is CC(=O)c1ccc(C(=O)Nc2ccc(Cl)c(-c3ccccn3)c2)s1.COc1cc(C)cc(C(=O)Nc2ccc(Cl)c(-c3ccccn3)c2)c1.Cc1ccc(C(=O)N(C(=O)c2ccc(C(F)(F)F)nc2C)c2ccc(Cl)c(-c3ccccn3)c2)c(C)n1.Cc1cccnc1-c1cc(NC(=O)c2ccc(C(F)(F)F)nc2C)ccc1Cl.Cc1nc(C(F)(F)F)ccc1C(=O)Nc1ccc(Cl)c(-c2ccccn2)c1. The largest absolute Gasteiger partial charge is 0.497 e. The number of ketones is 1. The van der Waals surface area contributed by atoms with Crippen LogP contribution in [-0.2, 0) is 18.5 Å². The number of alkyl halides is 9. The van der Waals surface area contributed by atoms with Crippen molar-refractivity contribution in [3.8, 4) is 62.0 Å². The molecule has 37 heteroatoms. The van der Waals surface area contributed by atoms with Crippen molar-refractivity contribution in [3.63, 3.8) is 0 Å². The molecule has 4 N–H and O–H groups in total. The second-order valence-corrected chi connectivity index (χ2v) is 33.9. The number of imide groups is 1. The van der Waals surface area contributed by atoms with Crippen LogP contribution in [0.3, 0.4) is 0 Å². The molecular weight excluding hydrogens is 1950 g/mol. The highest BCUT2D eigenvalue weighted by Gasteiger charge is 2.37. The molecule has 10 heterocycles. The molecule has 10 aromatic heterocycles. The summed E-state index contributed by atoms with van der Waals surface area (Å²) in [6.45, 7) is 12.7.